The molecule has 1 heterocycles. The third-order valence-electron chi connectivity index (χ3n) is 6.52. The number of piperazine rings is 1. The smallest absolute Gasteiger partial charge is 0.276 e. The average Bonchev–Trinajstić information content (AvgIpc) is 2.93. The largest absolute Gasteiger partial charge is 0.497 e. The number of para-hydroxylation sites is 1. The van der Waals surface area contributed by atoms with Gasteiger partial charge in [0.1, 0.15) is 5.75 Å². The fraction of sp³-hybridized carbons (Fsp3) is 0.296. The fourth-order valence-electron chi connectivity index (χ4n) is 4.41. The minimum absolute atomic E-state index is 0.000657. The van der Waals surface area contributed by atoms with Crippen molar-refractivity contribution in [3.8, 4) is 5.75 Å². The highest BCUT2D eigenvalue weighted by Gasteiger charge is 2.31. The van der Waals surface area contributed by atoms with Crippen molar-refractivity contribution in [2.75, 3.05) is 44.6 Å². The maximum Gasteiger partial charge on any atom is 0.276 e. The van der Waals surface area contributed by atoms with Crippen molar-refractivity contribution in [1.82, 2.24) is 15.3 Å². The van der Waals surface area contributed by atoms with E-state index in [1.54, 1.807) is 23.7 Å². The lowest BCUT2D eigenvalue weighted by atomic mass is 10.0. The zero-order valence-corrected chi connectivity index (χ0v) is 21.8. The van der Waals surface area contributed by atoms with Crippen molar-refractivity contribution in [3.05, 3.63) is 89.5 Å². The summed E-state index contributed by atoms with van der Waals surface area (Å²) < 4.78 is 34.8. The van der Waals surface area contributed by atoms with Gasteiger partial charge in [-0.1, -0.05) is 42.5 Å². The van der Waals surface area contributed by atoms with E-state index in [1.165, 1.54) is 29.6 Å². The summed E-state index contributed by atoms with van der Waals surface area (Å²) >= 11 is 0. The summed E-state index contributed by atoms with van der Waals surface area (Å²) in [5.74, 6) is -0.248. The Kier molecular flexibility index (Phi) is 8.45. The highest BCUT2D eigenvalue weighted by Crippen LogP contribution is 2.34. The minimum atomic E-state index is -4.12. The maximum atomic E-state index is 14.2. The zero-order chi connectivity index (χ0) is 26.4. The number of amides is 1. The number of anilines is 1. The number of methoxy groups -OCH3 is 1. The number of rotatable bonds is 9. The first-order valence-corrected chi connectivity index (χ1v) is 13.5. The quantitative estimate of drug-likeness (QED) is 0.328. The molecule has 1 fully saturated rings. The predicted molar refractivity (Wildman–Crippen MR) is 141 cm³/mol. The van der Waals surface area contributed by atoms with Gasteiger partial charge in [0.05, 0.1) is 29.8 Å². The number of hydrogen-bond acceptors (Lipinski definition) is 7. The van der Waals surface area contributed by atoms with Crippen LogP contribution in [0.2, 0.25) is 0 Å². The number of hydroxylamine groups is 1. The van der Waals surface area contributed by atoms with Gasteiger partial charge < -0.3 is 9.64 Å². The molecule has 196 valence electrons. The van der Waals surface area contributed by atoms with E-state index in [2.05, 4.69) is 16.8 Å². The molecule has 37 heavy (non-hydrogen) atoms. The van der Waals surface area contributed by atoms with Crippen molar-refractivity contribution in [2.24, 2.45) is 0 Å². The van der Waals surface area contributed by atoms with Crippen LogP contribution in [0.5, 0.6) is 5.75 Å². The van der Waals surface area contributed by atoms with E-state index >= 15 is 0 Å². The molecule has 2 N–H and O–H groups in total. The van der Waals surface area contributed by atoms with Gasteiger partial charge in [-0.3, -0.25) is 19.2 Å². The van der Waals surface area contributed by atoms with Gasteiger partial charge in [-0.15, -0.1) is 0 Å². The molecule has 0 unspecified atom stereocenters. The van der Waals surface area contributed by atoms with Crippen LogP contribution in [0.25, 0.3) is 0 Å². The number of hydrogen-bond donors (Lipinski definition) is 2. The average molecular weight is 525 g/mol. The molecule has 4 rings (SSSR count). The maximum absolute atomic E-state index is 14.2. The summed E-state index contributed by atoms with van der Waals surface area (Å²) in [6.07, 6.45) is 0. The Labute approximate surface area is 217 Å². The molecule has 1 aliphatic heterocycles. The van der Waals surface area contributed by atoms with Crippen LogP contribution >= 0.6 is 0 Å². The van der Waals surface area contributed by atoms with E-state index in [0.717, 1.165) is 31.7 Å². The SMILES string of the molecule is COc1ccc(S(=O)(=O)N(Cc2ccccc2)c2c(CN3CCN(C)CC3)cccc2C(=O)NO)cc1. The van der Waals surface area contributed by atoms with Gasteiger partial charge in [-0.2, -0.15) is 0 Å². The summed E-state index contributed by atoms with van der Waals surface area (Å²) in [6, 6.07) is 20.4. The first kappa shape index (κ1) is 26.6. The van der Waals surface area contributed by atoms with Crippen LogP contribution in [0.1, 0.15) is 21.5 Å². The van der Waals surface area contributed by atoms with Gasteiger partial charge in [0.15, 0.2) is 0 Å². The molecule has 0 spiro atoms. The van der Waals surface area contributed by atoms with E-state index in [9.17, 15) is 18.4 Å². The van der Waals surface area contributed by atoms with Gasteiger partial charge in [0.2, 0.25) is 0 Å². The van der Waals surface area contributed by atoms with Crippen LogP contribution in [-0.2, 0) is 23.1 Å². The van der Waals surface area contributed by atoms with Crippen molar-refractivity contribution in [3.63, 3.8) is 0 Å². The number of sulfonamides is 1. The Morgan fingerprint density at radius 3 is 2.27 bits per heavy atom. The lowest BCUT2D eigenvalue weighted by Crippen LogP contribution is -2.44. The van der Waals surface area contributed by atoms with E-state index in [-0.39, 0.29) is 22.7 Å². The van der Waals surface area contributed by atoms with E-state index in [0.29, 0.717) is 17.9 Å². The second kappa shape index (κ2) is 11.7. The molecule has 9 nitrogen and oxygen atoms in total. The molecule has 1 aliphatic rings. The third kappa shape index (κ3) is 6.11. The predicted octanol–water partition coefficient (Wildman–Crippen LogP) is 2.96. The van der Waals surface area contributed by atoms with Gasteiger partial charge in [-0.25, -0.2) is 13.9 Å². The minimum Gasteiger partial charge on any atom is -0.497 e. The molecule has 3 aromatic carbocycles. The normalized spacial score (nSPS) is 14.8. The molecule has 0 saturated carbocycles. The summed E-state index contributed by atoms with van der Waals surface area (Å²) in [4.78, 5) is 17.3. The highest BCUT2D eigenvalue weighted by molar-refractivity contribution is 7.92. The molecule has 10 heteroatoms. The van der Waals surface area contributed by atoms with Crippen LogP contribution in [0.3, 0.4) is 0 Å². The summed E-state index contributed by atoms with van der Waals surface area (Å²) in [6.45, 7) is 3.88. The number of carbonyl (C=O) groups is 1. The van der Waals surface area contributed by atoms with E-state index in [1.807, 2.05) is 36.4 Å². The summed E-state index contributed by atoms with van der Waals surface area (Å²) in [5.41, 5.74) is 3.43. The number of ether oxygens (including phenoxy) is 1. The number of benzene rings is 3. The van der Waals surface area contributed by atoms with Gasteiger partial charge in [0.25, 0.3) is 15.9 Å². The highest BCUT2D eigenvalue weighted by atomic mass is 32.2. The van der Waals surface area contributed by atoms with Crippen LogP contribution in [0, 0.1) is 0 Å². The Morgan fingerprint density at radius 2 is 1.65 bits per heavy atom. The summed E-state index contributed by atoms with van der Waals surface area (Å²) in [5, 5.41) is 9.51. The van der Waals surface area contributed by atoms with Crippen LogP contribution in [-0.4, -0.2) is 69.7 Å². The number of likely N-dealkylation sites (N-methyl/N-ethyl adjacent to an activating group) is 1. The lowest BCUT2D eigenvalue weighted by Gasteiger charge is -2.34. The second-order valence-electron chi connectivity index (χ2n) is 9.01. The van der Waals surface area contributed by atoms with E-state index < -0.39 is 15.9 Å². The monoisotopic (exact) mass is 524 g/mol. The standard InChI is InChI=1S/C27H32N4O5S/c1-29-15-17-30(18-16-29)20-22-9-6-10-25(27(32)28-33)26(22)31(19-21-7-4-3-5-8-21)37(34,35)24-13-11-23(36-2)12-14-24/h3-14,33H,15-20H2,1-2H3,(H,28,32). The molecule has 0 bridgehead atoms. The summed E-state index contributed by atoms with van der Waals surface area (Å²) in [7, 11) is -0.543. The molecule has 1 amide bonds. The number of nitrogens with zero attached hydrogens (tertiary/aromatic N) is 3. The lowest BCUT2D eigenvalue weighted by molar-refractivity contribution is 0.0707. The van der Waals surface area contributed by atoms with Gasteiger partial charge in [0, 0.05) is 32.7 Å². The molecule has 3 aromatic rings. The molecular formula is C27H32N4O5S. The van der Waals surface area contributed by atoms with Gasteiger partial charge >= 0.3 is 0 Å². The molecule has 0 aromatic heterocycles. The molecule has 0 atom stereocenters. The van der Waals surface area contributed by atoms with Crippen molar-refractivity contribution in [2.45, 2.75) is 18.0 Å². The van der Waals surface area contributed by atoms with Crippen LogP contribution in [0.4, 0.5) is 5.69 Å². The van der Waals surface area contributed by atoms with E-state index in [4.69, 9.17) is 4.74 Å². The first-order valence-electron chi connectivity index (χ1n) is 12.0. The van der Waals surface area contributed by atoms with Crippen molar-refractivity contribution in [1.29, 1.82) is 0 Å². The number of carbonyl (C=O) groups excluding carboxylic acids is 1. The molecule has 1 saturated heterocycles. The first-order chi connectivity index (χ1) is 17.8. The Bertz CT molecular complexity index is 1310. The topological polar surface area (TPSA) is 102 Å². The molecule has 0 radical (unpaired) electrons. The van der Waals surface area contributed by atoms with Crippen molar-refractivity contribution < 1.29 is 23.2 Å². The molecular weight excluding hydrogens is 492 g/mol. The number of nitrogens with one attached hydrogen (secondary N) is 1. The fourth-order valence-corrected chi connectivity index (χ4v) is 5.92. The zero-order valence-electron chi connectivity index (χ0n) is 21.0. The van der Waals surface area contributed by atoms with Crippen molar-refractivity contribution >= 4 is 21.6 Å². The van der Waals surface area contributed by atoms with Crippen LogP contribution < -0.4 is 14.5 Å². The second-order valence-corrected chi connectivity index (χ2v) is 10.9. The Balaban J connectivity index is 1.86. The van der Waals surface area contributed by atoms with Gasteiger partial charge in [-0.05, 0) is 48.5 Å². The Hall–Kier alpha value is -3.44. The van der Waals surface area contributed by atoms with Crippen LogP contribution in [0.15, 0.2) is 77.7 Å². The Morgan fingerprint density at radius 1 is 0.973 bits per heavy atom. The third-order valence-corrected chi connectivity index (χ3v) is 8.28. The molecule has 0 aliphatic carbocycles.